The summed E-state index contributed by atoms with van der Waals surface area (Å²) >= 11 is 0. The maximum absolute atomic E-state index is 11.8. The molecule has 2 unspecified atom stereocenters. The number of amides is 1. The van der Waals surface area contributed by atoms with Gasteiger partial charge in [-0.1, -0.05) is 6.07 Å². The Hall–Kier alpha value is -2.70. The van der Waals surface area contributed by atoms with Crippen molar-refractivity contribution in [3.05, 3.63) is 41.3 Å². The van der Waals surface area contributed by atoms with Gasteiger partial charge in [-0.25, -0.2) is 9.67 Å². The lowest BCUT2D eigenvalue weighted by molar-refractivity contribution is -0.140. The van der Waals surface area contributed by atoms with Gasteiger partial charge in [-0.15, -0.1) is 0 Å². The van der Waals surface area contributed by atoms with Crippen LogP contribution in [0.3, 0.4) is 0 Å². The number of hydrogen-bond acceptors (Lipinski definition) is 4. The fourth-order valence-corrected chi connectivity index (χ4v) is 2.59. The van der Waals surface area contributed by atoms with E-state index in [-0.39, 0.29) is 5.91 Å². The van der Waals surface area contributed by atoms with E-state index in [0.29, 0.717) is 13.0 Å². The van der Waals surface area contributed by atoms with Crippen LogP contribution >= 0.6 is 0 Å². The van der Waals surface area contributed by atoms with Gasteiger partial charge in [-0.3, -0.25) is 9.59 Å². The molecule has 1 amide bonds. The highest BCUT2D eigenvalue weighted by Gasteiger charge is 2.48. The van der Waals surface area contributed by atoms with E-state index in [1.54, 1.807) is 10.9 Å². The van der Waals surface area contributed by atoms with Crippen LogP contribution in [0.25, 0.3) is 5.82 Å². The van der Waals surface area contributed by atoms with E-state index < -0.39 is 17.8 Å². The van der Waals surface area contributed by atoms with Crippen LogP contribution < -0.4 is 5.32 Å². The lowest BCUT2D eigenvalue weighted by Crippen LogP contribution is -2.26. The number of carboxylic acid groups (broad SMARTS) is 1. The van der Waals surface area contributed by atoms with Crippen molar-refractivity contribution in [1.82, 2.24) is 20.1 Å². The van der Waals surface area contributed by atoms with Gasteiger partial charge in [-0.05, 0) is 38.0 Å². The second kappa shape index (κ2) is 5.83. The molecule has 0 aliphatic heterocycles. The average molecular weight is 314 g/mol. The predicted octanol–water partition coefficient (Wildman–Crippen LogP) is 1.22. The third-order valence-corrected chi connectivity index (χ3v) is 3.95. The number of hydrogen-bond donors (Lipinski definition) is 2. The Kier molecular flexibility index (Phi) is 3.85. The second-order valence-electron chi connectivity index (χ2n) is 5.87. The molecule has 0 radical (unpaired) electrons. The number of aryl methyl sites for hydroxylation is 2. The van der Waals surface area contributed by atoms with E-state index in [9.17, 15) is 9.59 Å². The first-order chi connectivity index (χ1) is 11.0. The molecule has 3 rings (SSSR count). The summed E-state index contributed by atoms with van der Waals surface area (Å²) in [6.45, 7) is 4.23. The van der Waals surface area contributed by atoms with Gasteiger partial charge in [0.1, 0.15) is 0 Å². The van der Waals surface area contributed by atoms with E-state index in [4.69, 9.17) is 5.11 Å². The minimum Gasteiger partial charge on any atom is -0.481 e. The molecular formula is C16H18N4O3. The highest BCUT2D eigenvalue weighted by atomic mass is 16.4. The number of carbonyl (C=O) groups is 2. The number of pyridine rings is 1. The predicted molar refractivity (Wildman–Crippen MR) is 81.9 cm³/mol. The molecule has 1 aliphatic rings. The number of nitrogens with one attached hydrogen (secondary N) is 1. The van der Waals surface area contributed by atoms with Gasteiger partial charge in [0, 0.05) is 18.4 Å². The molecule has 0 aromatic carbocycles. The van der Waals surface area contributed by atoms with Crippen molar-refractivity contribution < 1.29 is 14.7 Å². The molecule has 2 N–H and O–H groups in total. The van der Waals surface area contributed by atoms with Crippen LogP contribution in [0.1, 0.15) is 23.4 Å². The molecule has 1 aliphatic carbocycles. The van der Waals surface area contributed by atoms with Crippen molar-refractivity contribution in [3.63, 3.8) is 0 Å². The minimum absolute atomic E-state index is 0.208. The van der Waals surface area contributed by atoms with Gasteiger partial charge in [0.15, 0.2) is 5.82 Å². The molecule has 0 bridgehead atoms. The molecule has 2 aromatic heterocycles. The molecule has 0 saturated heterocycles. The van der Waals surface area contributed by atoms with Gasteiger partial charge in [0.25, 0.3) is 0 Å². The lowest BCUT2D eigenvalue weighted by atomic mass is 10.2. The summed E-state index contributed by atoms with van der Waals surface area (Å²) in [6.07, 6.45) is 2.12. The first-order valence-electron chi connectivity index (χ1n) is 7.45. The zero-order valence-corrected chi connectivity index (χ0v) is 13.0. The van der Waals surface area contributed by atoms with Gasteiger partial charge >= 0.3 is 5.97 Å². The van der Waals surface area contributed by atoms with Crippen LogP contribution in [-0.4, -0.2) is 31.7 Å². The van der Waals surface area contributed by atoms with Gasteiger partial charge in [0.2, 0.25) is 5.91 Å². The Morgan fingerprint density at radius 3 is 2.65 bits per heavy atom. The van der Waals surface area contributed by atoms with Crippen LogP contribution in [0.4, 0.5) is 0 Å². The number of carbonyl (C=O) groups excluding carboxylic acids is 1. The molecule has 2 heterocycles. The van der Waals surface area contributed by atoms with Crippen molar-refractivity contribution in [2.24, 2.45) is 11.8 Å². The standard InChI is InChI=1S/C16H18N4O3/c1-9-5-10(2)20(19-9)14-4-3-11(7-17-14)8-18-15(21)12-6-13(12)16(22)23/h3-5,7,12-13H,6,8H2,1-2H3,(H,18,21)(H,22,23). The maximum Gasteiger partial charge on any atom is 0.307 e. The number of carboxylic acids is 1. The SMILES string of the molecule is Cc1cc(C)n(-c2ccc(CNC(=O)C3CC3C(=O)O)cn2)n1. The van der Waals surface area contributed by atoms with E-state index >= 15 is 0 Å². The highest BCUT2D eigenvalue weighted by molar-refractivity contribution is 5.89. The van der Waals surface area contributed by atoms with E-state index in [1.807, 2.05) is 32.0 Å². The third-order valence-electron chi connectivity index (χ3n) is 3.95. The summed E-state index contributed by atoms with van der Waals surface area (Å²) in [5.41, 5.74) is 2.79. The minimum atomic E-state index is -0.902. The Labute approximate surface area is 133 Å². The first kappa shape index (κ1) is 15.2. The van der Waals surface area contributed by atoms with Crippen molar-refractivity contribution in [2.45, 2.75) is 26.8 Å². The summed E-state index contributed by atoms with van der Waals surface area (Å²) in [6, 6.07) is 5.70. The van der Waals surface area contributed by atoms with Crippen molar-refractivity contribution >= 4 is 11.9 Å². The molecule has 2 atom stereocenters. The largest absolute Gasteiger partial charge is 0.481 e. The van der Waals surface area contributed by atoms with Gasteiger partial charge in [-0.2, -0.15) is 5.10 Å². The number of nitrogens with zero attached hydrogens (tertiary/aromatic N) is 3. The van der Waals surface area contributed by atoms with Crippen molar-refractivity contribution in [1.29, 1.82) is 0 Å². The molecule has 120 valence electrons. The van der Waals surface area contributed by atoms with Crippen LogP contribution in [0, 0.1) is 25.7 Å². The van der Waals surface area contributed by atoms with E-state index in [1.165, 1.54) is 0 Å². The number of aromatic nitrogens is 3. The fourth-order valence-electron chi connectivity index (χ4n) is 2.59. The summed E-state index contributed by atoms with van der Waals surface area (Å²) < 4.78 is 1.76. The summed E-state index contributed by atoms with van der Waals surface area (Å²) in [5.74, 6) is -1.31. The van der Waals surface area contributed by atoms with Crippen molar-refractivity contribution in [2.75, 3.05) is 0 Å². The summed E-state index contributed by atoms with van der Waals surface area (Å²) in [4.78, 5) is 26.9. The van der Waals surface area contributed by atoms with Crippen molar-refractivity contribution in [3.8, 4) is 5.82 Å². The average Bonchev–Trinajstić information content (AvgIpc) is 3.25. The molecular weight excluding hydrogens is 296 g/mol. The fraction of sp³-hybridized carbons (Fsp3) is 0.375. The van der Waals surface area contributed by atoms with Crippen LogP contribution in [-0.2, 0) is 16.1 Å². The van der Waals surface area contributed by atoms with E-state index in [0.717, 1.165) is 22.8 Å². The Balaban J connectivity index is 1.59. The first-order valence-corrected chi connectivity index (χ1v) is 7.45. The number of rotatable bonds is 5. The summed E-state index contributed by atoms with van der Waals surface area (Å²) in [5, 5.41) is 15.9. The molecule has 2 aromatic rings. The third kappa shape index (κ3) is 3.23. The molecule has 0 spiro atoms. The Morgan fingerprint density at radius 2 is 2.13 bits per heavy atom. The molecule has 7 nitrogen and oxygen atoms in total. The highest BCUT2D eigenvalue weighted by Crippen LogP contribution is 2.38. The van der Waals surface area contributed by atoms with Gasteiger partial charge < -0.3 is 10.4 Å². The zero-order valence-electron chi connectivity index (χ0n) is 13.0. The quantitative estimate of drug-likeness (QED) is 0.865. The van der Waals surface area contributed by atoms with E-state index in [2.05, 4.69) is 15.4 Å². The monoisotopic (exact) mass is 314 g/mol. The normalized spacial score (nSPS) is 19.4. The Morgan fingerprint density at radius 1 is 1.35 bits per heavy atom. The second-order valence-corrected chi connectivity index (χ2v) is 5.87. The number of aliphatic carboxylic acids is 1. The molecule has 1 fully saturated rings. The van der Waals surface area contributed by atoms with Gasteiger partial charge in [0.05, 0.1) is 17.5 Å². The van der Waals surface area contributed by atoms with Crippen LogP contribution in [0.2, 0.25) is 0 Å². The van der Waals surface area contributed by atoms with Crippen LogP contribution in [0.15, 0.2) is 24.4 Å². The molecule has 1 saturated carbocycles. The van der Waals surface area contributed by atoms with Crippen LogP contribution in [0.5, 0.6) is 0 Å². The molecule has 23 heavy (non-hydrogen) atoms. The lowest BCUT2D eigenvalue weighted by Gasteiger charge is -2.07. The molecule has 7 heteroatoms. The maximum atomic E-state index is 11.8. The zero-order chi connectivity index (χ0) is 16.6. The topological polar surface area (TPSA) is 97.1 Å². The summed E-state index contributed by atoms with van der Waals surface area (Å²) in [7, 11) is 0. The Bertz CT molecular complexity index is 751. The smallest absolute Gasteiger partial charge is 0.307 e.